The Kier molecular flexibility index (Phi) is 7.44. The van der Waals surface area contributed by atoms with Crippen molar-refractivity contribution in [3.8, 4) is 23.0 Å². The van der Waals surface area contributed by atoms with Crippen LogP contribution in [0.1, 0.15) is 25.8 Å². The van der Waals surface area contributed by atoms with Crippen LogP contribution >= 0.6 is 0 Å². The number of anilines is 1. The van der Waals surface area contributed by atoms with Crippen molar-refractivity contribution in [2.45, 2.75) is 26.8 Å². The second-order valence-corrected chi connectivity index (χ2v) is 6.45. The minimum atomic E-state index is 0.514. The van der Waals surface area contributed by atoms with Crippen molar-refractivity contribution < 1.29 is 18.9 Å². The molecule has 0 fully saturated rings. The molecule has 1 aliphatic heterocycles. The third-order valence-electron chi connectivity index (χ3n) is 4.30. The number of ether oxygens (including phenoxy) is 4. The number of hydrogen-bond donors (Lipinski definition) is 2. The van der Waals surface area contributed by atoms with Crippen LogP contribution in [-0.4, -0.2) is 39.4 Å². The van der Waals surface area contributed by atoms with Gasteiger partial charge >= 0.3 is 0 Å². The zero-order chi connectivity index (χ0) is 20.5. The summed E-state index contributed by atoms with van der Waals surface area (Å²) in [5, 5.41) is 6.58. The second-order valence-electron chi connectivity index (χ2n) is 6.45. The summed E-state index contributed by atoms with van der Waals surface area (Å²) >= 11 is 0. The molecule has 0 amide bonds. The molecule has 0 aliphatic carbocycles. The molecule has 0 saturated carbocycles. The number of aliphatic imine (C=N–C) groups is 1. The molecule has 0 radical (unpaired) electrons. The molecule has 0 bridgehead atoms. The maximum atomic E-state index is 5.77. The molecule has 3 rings (SSSR count). The highest BCUT2D eigenvalue weighted by atomic mass is 16.5. The third kappa shape index (κ3) is 5.70. The fraction of sp³-hybridized carbons (Fsp3) is 0.409. The Morgan fingerprint density at radius 3 is 2.62 bits per heavy atom. The fourth-order valence-electron chi connectivity index (χ4n) is 2.94. The van der Waals surface area contributed by atoms with Crippen molar-refractivity contribution in [1.29, 1.82) is 0 Å². The topological polar surface area (TPSA) is 73.3 Å². The predicted molar refractivity (Wildman–Crippen MR) is 115 cm³/mol. The van der Waals surface area contributed by atoms with Crippen LogP contribution in [0.15, 0.2) is 41.4 Å². The fourth-order valence-corrected chi connectivity index (χ4v) is 2.94. The van der Waals surface area contributed by atoms with Crippen molar-refractivity contribution >= 4 is 11.6 Å². The van der Waals surface area contributed by atoms with E-state index in [1.807, 2.05) is 50.2 Å². The average molecular weight is 399 g/mol. The monoisotopic (exact) mass is 399 g/mol. The van der Waals surface area contributed by atoms with E-state index < -0.39 is 0 Å². The first-order valence-electron chi connectivity index (χ1n) is 9.98. The highest BCUT2D eigenvalue weighted by Gasteiger charge is 2.11. The Bertz CT molecular complexity index is 839. The van der Waals surface area contributed by atoms with Crippen LogP contribution in [0.2, 0.25) is 0 Å². The van der Waals surface area contributed by atoms with E-state index in [4.69, 9.17) is 23.9 Å². The molecule has 1 aliphatic rings. The van der Waals surface area contributed by atoms with Crippen LogP contribution in [0, 0.1) is 0 Å². The Balaban J connectivity index is 1.72. The van der Waals surface area contributed by atoms with E-state index in [0.29, 0.717) is 38.1 Å². The average Bonchev–Trinajstić information content (AvgIpc) is 2.98. The highest BCUT2D eigenvalue weighted by molar-refractivity contribution is 5.93. The van der Waals surface area contributed by atoms with Crippen molar-refractivity contribution in [2.75, 3.05) is 38.8 Å². The number of guanidine groups is 1. The van der Waals surface area contributed by atoms with Crippen LogP contribution in [0.3, 0.4) is 0 Å². The Labute approximate surface area is 172 Å². The van der Waals surface area contributed by atoms with Crippen molar-refractivity contribution in [1.82, 2.24) is 5.32 Å². The lowest BCUT2D eigenvalue weighted by molar-refractivity contribution is 0.297. The lowest BCUT2D eigenvalue weighted by Gasteiger charge is -2.14. The molecule has 7 nitrogen and oxygen atoms in total. The lowest BCUT2D eigenvalue weighted by atomic mass is 10.2. The van der Waals surface area contributed by atoms with Crippen LogP contribution in [0.25, 0.3) is 0 Å². The second kappa shape index (κ2) is 10.5. The first-order chi connectivity index (χ1) is 14.2. The molecule has 7 heteroatoms. The van der Waals surface area contributed by atoms with E-state index in [1.54, 1.807) is 7.11 Å². The molecular formula is C22H29N3O4. The van der Waals surface area contributed by atoms with E-state index in [2.05, 4.69) is 10.6 Å². The molecule has 0 atom stereocenters. The summed E-state index contributed by atoms with van der Waals surface area (Å²) in [5.74, 6) is 3.65. The molecule has 29 heavy (non-hydrogen) atoms. The molecule has 2 N–H and O–H groups in total. The normalized spacial score (nSPS) is 13.4. The predicted octanol–water partition coefficient (Wildman–Crippen LogP) is 3.83. The molecule has 2 aromatic rings. The largest absolute Gasteiger partial charge is 0.493 e. The van der Waals surface area contributed by atoms with Gasteiger partial charge in [-0.2, -0.15) is 0 Å². The van der Waals surface area contributed by atoms with Gasteiger partial charge < -0.3 is 29.6 Å². The van der Waals surface area contributed by atoms with Gasteiger partial charge in [-0.05, 0) is 43.7 Å². The maximum Gasteiger partial charge on any atom is 0.196 e. The molecule has 0 aromatic heterocycles. The van der Waals surface area contributed by atoms with Gasteiger partial charge in [0.15, 0.2) is 29.0 Å². The number of rotatable bonds is 7. The molecule has 156 valence electrons. The highest BCUT2D eigenvalue weighted by Crippen LogP contribution is 2.31. The molecule has 0 unspecified atom stereocenters. The van der Waals surface area contributed by atoms with Crippen LogP contribution in [-0.2, 0) is 6.54 Å². The molecule has 1 heterocycles. The van der Waals surface area contributed by atoms with E-state index in [9.17, 15) is 0 Å². The zero-order valence-corrected chi connectivity index (χ0v) is 17.3. The van der Waals surface area contributed by atoms with E-state index in [0.717, 1.165) is 41.5 Å². The number of nitrogens with one attached hydrogen (secondary N) is 2. The maximum absolute atomic E-state index is 5.77. The molecule has 0 spiro atoms. The van der Waals surface area contributed by atoms with Crippen LogP contribution in [0.4, 0.5) is 5.69 Å². The minimum absolute atomic E-state index is 0.514. The third-order valence-corrected chi connectivity index (χ3v) is 4.30. The minimum Gasteiger partial charge on any atom is -0.493 e. The van der Waals surface area contributed by atoms with Gasteiger partial charge in [-0.15, -0.1) is 0 Å². The lowest BCUT2D eigenvalue weighted by Crippen LogP contribution is -2.30. The summed E-state index contributed by atoms with van der Waals surface area (Å²) in [6, 6.07) is 11.7. The Hall–Kier alpha value is -3.09. The number of nitrogens with zero attached hydrogens (tertiary/aromatic N) is 1. The first-order valence-corrected chi connectivity index (χ1v) is 9.98. The quantitative estimate of drug-likeness (QED) is 0.545. The van der Waals surface area contributed by atoms with Crippen LogP contribution in [0.5, 0.6) is 23.0 Å². The number of fused-ring (bicyclic) bond motifs is 1. The summed E-state index contributed by atoms with van der Waals surface area (Å²) in [5.41, 5.74) is 1.92. The summed E-state index contributed by atoms with van der Waals surface area (Å²) in [6.07, 6.45) is 0.891. The standard InChI is InChI=1S/C22H29N3O4/c1-4-23-22(25-17-8-10-18(27-5-2)20(14-17)26-3)24-15-16-7-9-19-21(13-16)29-12-6-11-28-19/h7-10,13-14H,4-6,11-12,15H2,1-3H3,(H2,23,24,25). The van der Waals surface area contributed by atoms with E-state index >= 15 is 0 Å². The summed E-state index contributed by atoms with van der Waals surface area (Å²) in [4.78, 5) is 4.69. The van der Waals surface area contributed by atoms with Gasteiger partial charge in [-0.1, -0.05) is 6.07 Å². The van der Waals surface area contributed by atoms with Gasteiger partial charge in [0.1, 0.15) is 0 Å². The summed E-state index contributed by atoms with van der Waals surface area (Å²) in [7, 11) is 1.63. The number of methoxy groups -OCH3 is 1. The summed E-state index contributed by atoms with van der Waals surface area (Å²) < 4.78 is 22.4. The number of hydrogen-bond acceptors (Lipinski definition) is 5. The van der Waals surface area contributed by atoms with E-state index in [1.165, 1.54) is 0 Å². The van der Waals surface area contributed by atoms with Crippen molar-refractivity contribution in [3.63, 3.8) is 0 Å². The van der Waals surface area contributed by atoms with Crippen molar-refractivity contribution in [2.24, 2.45) is 4.99 Å². The first kappa shape index (κ1) is 20.6. The number of benzene rings is 2. The van der Waals surface area contributed by atoms with Gasteiger partial charge in [-0.3, -0.25) is 0 Å². The van der Waals surface area contributed by atoms with Crippen molar-refractivity contribution in [3.05, 3.63) is 42.0 Å². The zero-order valence-electron chi connectivity index (χ0n) is 17.3. The Morgan fingerprint density at radius 2 is 1.86 bits per heavy atom. The molecule has 0 saturated heterocycles. The smallest absolute Gasteiger partial charge is 0.196 e. The van der Waals surface area contributed by atoms with Gasteiger partial charge in [0, 0.05) is 24.7 Å². The van der Waals surface area contributed by atoms with Gasteiger partial charge in [0.2, 0.25) is 0 Å². The van der Waals surface area contributed by atoms with Gasteiger partial charge in [0.25, 0.3) is 0 Å². The molecule has 2 aromatic carbocycles. The Morgan fingerprint density at radius 1 is 1.03 bits per heavy atom. The van der Waals surface area contributed by atoms with Gasteiger partial charge in [0.05, 0.1) is 33.5 Å². The van der Waals surface area contributed by atoms with Crippen LogP contribution < -0.4 is 29.6 Å². The summed E-state index contributed by atoms with van der Waals surface area (Å²) in [6.45, 7) is 7.18. The molecular weight excluding hydrogens is 370 g/mol. The SMILES string of the molecule is CCNC(=NCc1ccc2c(c1)OCCCO2)Nc1ccc(OCC)c(OC)c1. The van der Waals surface area contributed by atoms with Gasteiger partial charge in [-0.25, -0.2) is 4.99 Å². The van der Waals surface area contributed by atoms with E-state index in [-0.39, 0.29) is 0 Å².